The Kier molecular flexibility index (Phi) is 4.02. The molecule has 1 N–H and O–H groups in total. The smallest absolute Gasteiger partial charge is 0.346 e. The highest BCUT2D eigenvalue weighted by Gasteiger charge is 2.12. The number of rotatable bonds is 4. The molecule has 0 saturated heterocycles. The summed E-state index contributed by atoms with van der Waals surface area (Å²) in [4.78, 5) is 12.0. The van der Waals surface area contributed by atoms with Gasteiger partial charge in [-0.3, -0.25) is 0 Å². The zero-order valence-corrected chi connectivity index (χ0v) is 12.7. The molecule has 0 spiro atoms. The number of benzene rings is 2. The molecule has 0 fully saturated rings. The van der Waals surface area contributed by atoms with Crippen molar-refractivity contribution in [2.75, 3.05) is 12.4 Å². The highest BCUT2D eigenvalue weighted by Crippen LogP contribution is 2.31. The highest BCUT2D eigenvalue weighted by molar-refractivity contribution is 6.36. The molecule has 0 unspecified atom stereocenters. The van der Waals surface area contributed by atoms with E-state index in [4.69, 9.17) is 20.8 Å². The molecule has 0 aliphatic heterocycles. The summed E-state index contributed by atoms with van der Waals surface area (Å²) in [5.74, 6) is 0.0316. The summed E-state index contributed by atoms with van der Waals surface area (Å²) in [6.45, 7) is 0.668. The first-order valence-corrected chi connectivity index (χ1v) is 7.15. The van der Waals surface area contributed by atoms with E-state index in [1.54, 1.807) is 12.1 Å². The topological polar surface area (TPSA) is 51.5 Å². The number of halogens is 1. The molecule has 0 radical (unpaired) electrons. The average molecular weight is 316 g/mol. The van der Waals surface area contributed by atoms with Gasteiger partial charge in [0.15, 0.2) is 0 Å². The van der Waals surface area contributed by atoms with E-state index in [9.17, 15) is 4.79 Å². The largest absolute Gasteiger partial charge is 0.467 e. The number of ether oxygens (including phenoxy) is 1. The number of hydrogen-bond acceptors (Lipinski definition) is 4. The Morgan fingerprint density at radius 2 is 1.91 bits per heavy atom. The quantitative estimate of drug-likeness (QED) is 0.788. The van der Waals surface area contributed by atoms with E-state index in [2.05, 4.69) is 5.32 Å². The summed E-state index contributed by atoms with van der Waals surface area (Å²) in [7, 11) is 1.41. The zero-order chi connectivity index (χ0) is 15.5. The van der Waals surface area contributed by atoms with Crippen LogP contribution < -0.4 is 15.7 Å². The maximum atomic E-state index is 12.0. The van der Waals surface area contributed by atoms with Crippen LogP contribution in [0.2, 0.25) is 5.02 Å². The van der Waals surface area contributed by atoms with E-state index in [1.165, 1.54) is 7.11 Å². The average Bonchev–Trinajstić information content (AvgIpc) is 2.57. The molecule has 0 aliphatic rings. The van der Waals surface area contributed by atoms with Crippen LogP contribution in [0.25, 0.3) is 10.8 Å². The molecule has 3 rings (SSSR count). The van der Waals surface area contributed by atoms with Gasteiger partial charge in [0.05, 0.1) is 12.5 Å². The molecule has 0 amide bonds. The maximum Gasteiger partial charge on any atom is 0.346 e. The monoisotopic (exact) mass is 315 g/mol. The predicted molar refractivity (Wildman–Crippen MR) is 87.8 cm³/mol. The standard InChI is InChI=1S/C17H14ClNO3/c1-21-17-15(18)13-8-7-12(9-14(13)16(20)22-17)19-10-11-5-3-2-4-6-11/h2-9,19H,10H2,1H3. The summed E-state index contributed by atoms with van der Waals surface area (Å²) >= 11 is 6.16. The van der Waals surface area contributed by atoms with Crippen molar-refractivity contribution in [2.45, 2.75) is 6.54 Å². The van der Waals surface area contributed by atoms with E-state index in [1.807, 2.05) is 36.4 Å². The van der Waals surface area contributed by atoms with Crippen LogP contribution >= 0.6 is 11.6 Å². The lowest BCUT2D eigenvalue weighted by atomic mass is 10.1. The molecule has 1 heterocycles. The third kappa shape index (κ3) is 2.78. The molecule has 0 atom stereocenters. The van der Waals surface area contributed by atoms with Crippen molar-refractivity contribution in [3.8, 4) is 5.95 Å². The van der Waals surface area contributed by atoms with E-state index in [0.29, 0.717) is 22.3 Å². The summed E-state index contributed by atoms with van der Waals surface area (Å²) in [5, 5.41) is 4.60. The Labute approximate surface area is 132 Å². The normalized spacial score (nSPS) is 10.6. The third-order valence-electron chi connectivity index (χ3n) is 3.37. The second-order valence-electron chi connectivity index (χ2n) is 4.79. The molecule has 1 aromatic heterocycles. The number of anilines is 1. The first-order valence-electron chi connectivity index (χ1n) is 6.77. The van der Waals surface area contributed by atoms with E-state index >= 15 is 0 Å². The molecule has 112 valence electrons. The number of nitrogens with one attached hydrogen (secondary N) is 1. The molecule has 0 aliphatic carbocycles. The molecule has 22 heavy (non-hydrogen) atoms. The van der Waals surface area contributed by atoms with Gasteiger partial charge >= 0.3 is 11.6 Å². The van der Waals surface area contributed by atoms with Gasteiger partial charge in [0.2, 0.25) is 0 Å². The van der Waals surface area contributed by atoms with Crippen molar-refractivity contribution >= 4 is 28.1 Å². The third-order valence-corrected chi connectivity index (χ3v) is 3.72. The molecular weight excluding hydrogens is 302 g/mol. The summed E-state index contributed by atoms with van der Waals surface area (Å²) in [6.07, 6.45) is 0. The van der Waals surface area contributed by atoms with E-state index in [-0.39, 0.29) is 5.95 Å². The van der Waals surface area contributed by atoms with Gasteiger partial charge < -0.3 is 14.5 Å². The van der Waals surface area contributed by atoms with Crippen molar-refractivity contribution in [1.29, 1.82) is 0 Å². The van der Waals surface area contributed by atoms with E-state index < -0.39 is 5.63 Å². The molecule has 0 bridgehead atoms. The number of fused-ring (bicyclic) bond motifs is 1. The van der Waals surface area contributed by atoms with Gasteiger partial charge in [-0.1, -0.05) is 48.0 Å². The van der Waals surface area contributed by atoms with Crippen LogP contribution in [-0.4, -0.2) is 7.11 Å². The minimum absolute atomic E-state index is 0.0316. The predicted octanol–water partition coefficient (Wildman–Crippen LogP) is 4.07. The Balaban J connectivity index is 1.93. The first kappa shape index (κ1) is 14.5. The van der Waals surface area contributed by atoms with Crippen LogP contribution in [0.4, 0.5) is 5.69 Å². The van der Waals surface area contributed by atoms with Crippen LogP contribution in [0, 0.1) is 0 Å². The number of methoxy groups -OCH3 is 1. The van der Waals surface area contributed by atoms with Crippen LogP contribution in [0.3, 0.4) is 0 Å². The van der Waals surface area contributed by atoms with Crippen molar-refractivity contribution in [3.63, 3.8) is 0 Å². The fourth-order valence-corrected chi connectivity index (χ4v) is 2.52. The fourth-order valence-electron chi connectivity index (χ4n) is 2.24. The Hall–Kier alpha value is -2.46. The SMILES string of the molecule is COc1oc(=O)c2cc(NCc3ccccc3)ccc2c1Cl. The van der Waals surface area contributed by atoms with Crippen molar-refractivity contribution in [3.05, 3.63) is 69.5 Å². The minimum Gasteiger partial charge on any atom is -0.467 e. The maximum absolute atomic E-state index is 12.0. The van der Waals surface area contributed by atoms with Crippen LogP contribution in [0.1, 0.15) is 5.56 Å². The van der Waals surface area contributed by atoms with Crippen molar-refractivity contribution < 1.29 is 9.15 Å². The second kappa shape index (κ2) is 6.12. The lowest BCUT2D eigenvalue weighted by Gasteiger charge is -2.09. The van der Waals surface area contributed by atoms with Crippen molar-refractivity contribution in [2.24, 2.45) is 0 Å². The van der Waals surface area contributed by atoms with Gasteiger partial charge in [-0.05, 0) is 17.7 Å². The van der Waals surface area contributed by atoms with Crippen LogP contribution in [-0.2, 0) is 6.54 Å². The van der Waals surface area contributed by atoms with Crippen LogP contribution in [0.5, 0.6) is 5.95 Å². The van der Waals surface area contributed by atoms with E-state index in [0.717, 1.165) is 11.3 Å². The zero-order valence-electron chi connectivity index (χ0n) is 11.9. The van der Waals surface area contributed by atoms with Crippen LogP contribution in [0.15, 0.2) is 57.7 Å². The van der Waals surface area contributed by atoms with Gasteiger partial charge in [0, 0.05) is 17.6 Å². The minimum atomic E-state index is -0.473. The lowest BCUT2D eigenvalue weighted by molar-refractivity contribution is 0.289. The Morgan fingerprint density at radius 3 is 2.64 bits per heavy atom. The summed E-state index contributed by atoms with van der Waals surface area (Å²) in [5.41, 5.74) is 1.51. The molecule has 2 aromatic carbocycles. The van der Waals surface area contributed by atoms with Gasteiger partial charge in [-0.2, -0.15) is 0 Å². The van der Waals surface area contributed by atoms with Crippen molar-refractivity contribution in [1.82, 2.24) is 0 Å². The molecule has 4 nitrogen and oxygen atoms in total. The first-order chi connectivity index (χ1) is 10.7. The summed E-state index contributed by atoms with van der Waals surface area (Å²) in [6, 6.07) is 15.4. The molecule has 0 saturated carbocycles. The second-order valence-corrected chi connectivity index (χ2v) is 5.17. The molecule has 5 heteroatoms. The van der Waals surface area contributed by atoms with Gasteiger partial charge in [-0.15, -0.1) is 0 Å². The highest BCUT2D eigenvalue weighted by atomic mass is 35.5. The number of hydrogen-bond donors (Lipinski definition) is 1. The summed E-state index contributed by atoms with van der Waals surface area (Å²) < 4.78 is 10.0. The Morgan fingerprint density at radius 1 is 1.14 bits per heavy atom. The molecule has 3 aromatic rings. The van der Waals surface area contributed by atoms with Gasteiger partial charge in [0.25, 0.3) is 0 Å². The lowest BCUT2D eigenvalue weighted by Crippen LogP contribution is -2.04. The molecular formula is C17H14ClNO3. The fraction of sp³-hybridized carbons (Fsp3) is 0.118. The van der Waals surface area contributed by atoms with Gasteiger partial charge in [0.1, 0.15) is 5.02 Å². The Bertz CT molecular complexity index is 859. The van der Waals surface area contributed by atoms with Gasteiger partial charge in [-0.25, -0.2) is 4.79 Å².